The van der Waals surface area contributed by atoms with Crippen molar-refractivity contribution in [3.63, 3.8) is 0 Å². The summed E-state index contributed by atoms with van der Waals surface area (Å²) in [5.74, 6) is 1.53. The summed E-state index contributed by atoms with van der Waals surface area (Å²) in [4.78, 5) is 19.8. The van der Waals surface area contributed by atoms with Gasteiger partial charge < -0.3 is 16.0 Å². The van der Waals surface area contributed by atoms with Gasteiger partial charge in [-0.2, -0.15) is 0 Å². The molecule has 3 N–H and O–H groups in total. The van der Waals surface area contributed by atoms with Gasteiger partial charge in [0.1, 0.15) is 18.0 Å². The minimum Gasteiger partial charge on any atom is -0.370 e. The van der Waals surface area contributed by atoms with Gasteiger partial charge in [-0.15, -0.1) is 0 Å². The molecule has 6 nitrogen and oxygen atoms in total. The Morgan fingerprint density at radius 1 is 1.16 bits per heavy atom. The van der Waals surface area contributed by atoms with E-state index < -0.39 is 0 Å². The fraction of sp³-hybridized carbons (Fsp3) is 0.615. The monoisotopic (exact) mass is 265 g/mol. The molecule has 0 spiro atoms. The van der Waals surface area contributed by atoms with Crippen LogP contribution in [0, 0.1) is 0 Å². The number of carbonyl (C=O) groups is 1. The van der Waals surface area contributed by atoms with Crippen molar-refractivity contribution in [2.75, 3.05) is 30.8 Å². The number of carbonyl (C=O) groups excluding carboxylic acids is 1. The van der Waals surface area contributed by atoms with E-state index in [1.807, 2.05) is 0 Å². The van der Waals surface area contributed by atoms with Crippen molar-refractivity contribution in [3.8, 4) is 0 Å². The van der Waals surface area contributed by atoms with Crippen LogP contribution in [0.25, 0.3) is 0 Å². The van der Waals surface area contributed by atoms with Crippen LogP contribution in [-0.4, -0.2) is 36.0 Å². The van der Waals surface area contributed by atoms with Gasteiger partial charge in [-0.3, -0.25) is 4.79 Å². The highest BCUT2D eigenvalue weighted by atomic mass is 16.1. The van der Waals surface area contributed by atoms with Gasteiger partial charge in [-0.05, 0) is 12.8 Å². The Labute approximate surface area is 114 Å². The molecule has 6 heteroatoms. The van der Waals surface area contributed by atoms with Crippen molar-refractivity contribution in [1.82, 2.24) is 15.3 Å². The molecule has 0 radical (unpaired) electrons. The van der Waals surface area contributed by atoms with Gasteiger partial charge in [0.15, 0.2) is 0 Å². The minimum atomic E-state index is -0.0656. The van der Waals surface area contributed by atoms with Gasteiger partial charge in [0.05, 0.1) is 6.54 Å². The Hall–Kier alpha value is -1.85. The van der Waals surface area contributed by atoms with Crippen LogP contribution < -0.4 is 16.0 Å². The number of nitrogens with zero attached hydrogens (tertiary/aromatic N) is 2. The van der Waals surface area contributed by atoms with Crippen LogP contribution >= 0.6 is 0 Å². The lowest BCUT2D eigenvalue weighted by molar-refractivity contribution is -0.118. The summed E-state index contributed by atoms with van der Waals surface area (Å²) in [5, 5.41) is 8.94. The Balaban J connectivity index is 2.85. The maximum absolute atomic E-state index is 11.3. The highest BCUT2D eigenvalue weighted by molar-refractivity contribution is 5.80. The normalized spacial score (nSPS) is 10.1. The van der Waals surface area contributed by atoms with Crippen molar-refractivity contribution in [3.05, 3.63) is 11.9 Å². The lowest BCUT2D eigenvalue weighted by Crippen LogP contribution is -2.27. The van der Waals surface area contributed by atoms with Crippen molar-refractivity contribution < 1.29 is 4.79 Å². The van der Waals surface area contributed by atoms with Crippen LogP contribution in [0.1, 0.15) is 32.3 Å². The second-order valence-corrected chi connectivity index (χ2v) is 4.25. The summed E-state index contributed by atoms with van der Waals surface area (Å²) in [5.41, 5.74) is 1.04. The van der Waals surface area contributed by atoms with Crippen LogP contribution in [0.3, 0.4) is 0 Å². The van der Waals surface area contributed by atoms with E-state index in [9.17, 15) is 4.79 Å². The van der Waals surface area contributed by atoms with E-state index in [4.69, 9.17) is 0 Å². The number of nitrogens with one attached hydrogen (secondary N) is 3. The van der Waals surface area contributed by atoms with Gasteiger partial charge in [-0.25, -0.2) is 9.97 Å². The van der Waals surface area contributed by atoms with Crippen LogP contribution in [0.4, 0.5) is 11.6 Å². The third kappa shape index (κ3) is 4.73. The number of likely N-dealkylation sites (N-methyl/N-ethyl adjacent to an activating group) is 1. The number of hydrogen-bond donors (Lipinski definition) is 3. The number of anilines is 2. The molecule has 0 atom stereocenters. The molecule has 1 amide bonds. The first-order valence-corrected chi connectivity index (χ1v) is 6.75. The van der Waals surface area contributed by atoms with Crippen LogP contribution in [0.5, 0.6) is 0 Å². The van der Waals surface area contributed by atoms with E-state index in [0.29, 0.717) is 0 Å². The molecule has 0 bridgehead atoms. The molecule has 1 aromatic heterocycles. The molecule has 0 saturated heterocycles. The summed E-state index contributed by atoms with van der Waals surface area (Å²) >= 11 is 0. The maximum Gasteiger partial charge on any atom is 0.239 e. The molecule has 19 heavy (non-hydrogen) atoms. The quantitative estimate of drug-likeness (QED) is 0.662. The molecule has 0 aliphatic rings. The van der Waals surface area contributed by atoms with Gasteiger partial charge >= 0.3 is 0 Å². The van der Waals surface area contributed by atoms with Crippen molar-refractivity contribution in [2.24, 2.45) is 0 Å². The van der Waals surface area contributed by atoms with Crippen LogP contribution in [0.2, 0.25) is 0 Å². The minimum absolute atomic E-state index is 0.0656. The largest absolute Gasteiger partial charge is 0.370 e. The number of amides is 1. The Morgan fingerprint density at radius 3 is 2.42 bits per heavy atom. The third-order valence-electron chi connectivity index (χ3n) is 2.68. The zero-order valence-electron chi connectivity index (χ0n) is 11.9. The molecule has 1 rings (SSSR count). The van der Waals surface area contributed by atoms with E-state index in [1.54, 1.807) is 7.05 Å². The summed E-state index contributed by atoms with van der Waals surface area (Å²) < 4.78 is 0. The molecule has 0 saturated carbocycles. The van der Waals surface area contributed by atoms with E-state index in [1.165, 1.54) is 6.33 Å². The summed E-state index contributed by atoms with van der Waals surface area (Å²) in [6.45, 7) is 5.32. The van der Waals surface area contributed by atoms with E-state index >= 15 is 0 Å². The molecule has 0 aromatic carbocycles. The average molecular weight is 265 g/mol. The van der Waals surface area contributed by atoms with E-state index in [2.05, 4.69) is 39.8 Å². The molecule has 1 heterocycles. The molecule has 0 fully saturated rings. The SMILES string of the molecule is CCCNc1ncnc(NCC(=O)NC)c1CCC. The smallest absolute Gasteiger partial charge is 0.239 e. The highest BCUT2D eigenvalue weighted by Gasteiger charge is 2.11. The number of hydrogen-bond acceptors (Lipinski definition) is 5. The van der Waals surface area contributed by atoms with Crippen LogP contribution in [-0.2, 0) is 11.2 Å². The van der Waals surface area contributed by atoms with Crippen molar-refractivity contribution in [1.29, 1.82) is 0 Å². The first-order valence-electron chi connectivity index (χ1n) is 6.75. The van der Waals surface area contributed by atoms with E-state index in [-0.39, 0.29) is 12.5 Å². The molecule has 1 aromatic rings. The molecule has 0 aliphatic heterocycles. The highest BCUT2D eigenvalue weighted by Crippen LogP contribution is 2.21. The van der Waals surface area contributed by atoms with Gasteiger partial charge in [0.25, 0.3) is 0 Å². The average Bonchev–Trinajstić information content (AvgIpc) is 2.44. The zero-order valence-corrected chi connectivity index (χ0v) is 11.9. The standard InChI is InChI=1S/C13H23N5O/c1-4-6-10-12(15-7-5-2)17-9-18-13(10)16-8-11(19)14-3/h9H,4-8H2,1-3H3,(H,14,19)(H2,15,16,17,18). The van der Waals surface area contributed by atoms with Crippen LogP contribution in [0.15, 0.2) is 6.33 Å². The fourth-order valence-electron chi connectivity index (χ4n) is 1.70. The number of aromatic nitrogens is 2. The Morgan fingerprint density at radius 2 is 1.84 bits per heavy atom. The zero-order chi connectivity index (χ0) is 14.1. The molecular formula is C13H23N5O. The van der Waals surface area contributed by atoms with Gasteiger partial charge in [-0.1, -0.05) is 20.3 Å². The first kappa shape index (κ1) is 15.2. The van der Waals surface area contributed by atoms with Crippen molar-refractivity contribution in [2.45, 2.75) is 33.1 Å². The summed E-state index contributed by atoms with van der Waals surface area (Å²) in [7, 11) is 1.62. The topological polar surface area (TPSA) is 78.9 Å². The second-order valence-electron chi connectivity index (χ2n) is 4.25. The predicted octanol–water partition coefficient (Wildman–Crippen LogP) is 1.41. The summed E-state index contributed by atoms with van der Waals surface area (Å²) in [6, 6.07) is 0. The molecule has 0 unspecified atom stereocenters. The molecule has 0 aliphatic carbocycles. The summed E-state index contributed by atoms with van der Waals surface area (Å²) in [6.07, 6.45) is 4.44. The lowest BCUT2D eigenvalue weighted by atomic mass is 10.1. The second kappa shape index (κ2) is 8.29. The van der Waals surface area contributed by atoms with Gasteiger partial charge in [0.2, 0.25) is 5.91 Å². The molecule has 106 valence electrons. The Kier molecular flexibility index (Phi) is 6.63. The molecular weight excluding hydrogens is 242 g/mol. The van der Waals surface area contributed by atoms with Crippen molar-refractivity contribution >= 4 is 17.5 Å². The van der Waals surface area contributed by atoms with Gasteiger partial charge in [0, 0.05) is 19.2 Å². The Bertz CT molecular complexity index is 408. The first-order chi connectivity index (χ1) is 9.22. The number of rotatable bonds is 8. The predicted molar refractivity (Wildman–Crippen MR) is 77.4 cm³/mol. The lowest BCUT2D eigenvalue weighted by Gasteiger charge is -2.14. The third-order valence-corrected chi connectivity index (χ3v) is 2.68. The fourth-order valence-corrected chi connectivity index (χ4v) is 1.70. The maximum atomic E-state index is 11.3. The van der Waals surface area contributed by atoms with E-state index in [0.717, 1.165) is 43.0 Å².